The average molecular weight is 570 g/mol. The fourth-order valence-corrected chi connectivity index (χ4v) is 6.63. The SMILES string of the molecule is CCOC(=O)C1=C(C)N=c2sc(=Cc3cc(C)n(-c4c(C)cccc4C)c3C)c(=O)n2C1c1ccc(OCC)cc1. The largest absolute Gasteiger partial charge is 0.494 e. The Balaban J connectivity index is 1.69. The minimum Gasteiger partial charge on any atom is -0.494 e. The molecule has 41 heavy (non-hydrogen) atoms. The van der Waals surface area contributed by atoms with Crippen LogP contribution in [-0.2, 0) is 9.53 Å². The fourth-order valence-electron chi connectivity index (χ4n) is 5.60. The highest BCUT2D eigenvalue weighted by Crippen LogP contribution is 2.32. The lowest BCUT2D eigenvalue weighted by atomic mass is 9.96. The lowest BCUT2D eigenvalue weighted by Gasteiger charge is -2.24. The van der Waals surface area contributed by atoms with Crippen molar-refractivity contribution >= 4 is 23.4 Å². The number of aryl methyl sites for hydroxylation is 3. The smallest absolute Gasteiger partial charge is 0.338 e. The van der Waals surface area contributed by atoms with Crippen LogP contribution in [0.5, 0.6) is 5.75 Å². The second-order valence-corrected chi connectivity index (χ2v) is 11.2. The number of ether oxygens (including phenoxy) is 2. The minimum atomic E-state index is -0.662. The van der Waals surface area contributed by atoms with E-state index in [0.717, 1.165) is 34.0 Å². The third-order valence-corrected chi connectivity index (χ3v) is 8.43. The highest BCUT2D eigenvalue weighted by atomic mass is 32.1. The van der Waals surface area contributed by atoms with E-state index in [0.29, 0.717) is 27.2 Å². The molecule has 0 bridgehead atoms. The predicted octanol–water partition coefficient (Wildman–Crippen LogP) is 5.22. The maximum atomic E-state index is 14.1. The number of carbonyl (C=O) groups excluding carboxylic acids is 1. The van der Waals surface area contributed by atoms with Crippen molar-refractivity contribution in [3.05, 3.63) is 113 Å². The fraction of sp³-hybridized carbons (Fsp3) is 0.303. The summed E-state index contributed by atoms with van der Waals surface area (Å²) in [5, 5.41) is 0. The summed E-state index contributed by atoms with van der Waals surface area (Å²) >= 11 is 1.33. The minimum absolute atomic E-state index is 0.196. The molecule has 4 aromatic rings. The van der Waals surface area contributed by atoms with Gasteiger partial charge in [-0.3, -0.25) is 9.36 Å². The van der Waals surface area contributed by atoms with E-state index in [2.05, 4.69) is 56.5 Å². The molecule has 1 aliphatic rings. The number of hydrogen-bond acceptors (Lipinski definition) is 6. The maximum absolute atomic E-state index is 14.1. The topological polar surface area (TPSA) is 74.8 Å². The average Bonchev–Trinajstić information content (AvgIpc) is 3.38. The van der Waals surface area contributed by atoms with Crippen LogP contribution in [0.4, 0.5) is 0 Å². The Morgan fingerprint density at radius 2 is 1.68 bits per heavy atom. The summed E-state index contributed by atoms with van der Waals surface area (Å²) in [6, 6.07) is 15.2. The van der Waals surface area contributed by atoms with Crippen LogP contribution in [0.3, 0.4) is 0 Å². The number of fused-ring (bicyclic) bond motifs is 1. The number of esters is 1. The Hall–Kier alpha value is -4.17. The number of hydrogen-bond donors (Lipinski definition) is 0. The molecule has 2 aromatic carbocycles. The summed E-state index contributed by atoms with van der Waals surface area (Å²) in [6.07, 6.45) is 1.94. The number of carbonyl (C=O) groups is 1. The number of rotatable bonds is 7. The van der Waals surface area contributed by atoms with E-state index < -0.39 is 12.0 Å². The molecule has 1 atom stereocenters. The zero-order chi connectivity index (χ0) is 29.4. The quantitative estimate of drug-likeness (QED) is 0.286. The van der Waals surface area contributed by atoms with Crippen LogP contribution in [0.2, 0.25) is 0 Å². The summed E-state index contributed by atoms with van der Waals surface area (Å²) in [5.74, 6) is 0.250. The van der Waals surface area contributed by atoms with Gasteiger partial charge in [-0.05, 0) is 95.0 Å². The summed E-state index contributed by atoms with van der Waals surface area (Å²) in [4.78, 5) is 32.5. The Labute approximate surface area is 243 Å². The number of thiazole rings is 1. The second-order valence-electron chi connectivity index (χ2n) is 10.2. The first-order chi connectivity index (χ1) is 19.7. The summed E-state index contributed by atoms with van der Waals surface area (Å²) in [7, 11) is 0. The molecule has 0 aliphatic carbocycles. The molecule has 1 aliphatic heterocycles. The Morgan fingerprint density at radius 1 is 1.00 bits per heavy atom. The van der Waals surface area contributed by atoms with Gasteiger partial charge in [0.25, 0.3) is 5.56 Å². The van der Waals surface area contributed by atoms with Gasteiger partial charge >= 0.3 is 5.97 Å². The summed E-state index contributed by atoms with van der Waals surface area (Å²) in [6.45, 7) is 14.7. The van der Waals surface area contributed by atoms with Crippen molar-refractivity contribution in [1.29, 1.82) is 0 Å². The van der Waals surface area contributed by atoms with Gasteiger partial charge in [-0.2, -0.15) is 0 Å². The maximum Gasteiger partial charge on any atom is 0.338 e. The van der Waals surface area contributed by atoms with Crippen LogP contribution >= 0.6 is 11.3 Å². The molecule has 0 amide bonds. The highest BCUT2D eigenvalue weighted by molar-refractivity contribution is 7.07. The van der Waals surface area contributed by atoms with Gasteiger partial charge in [0.15, 0.2) is 4.80 Å². The predicted molar refractivity (Wildman–Crippen MR) is 163 cm³/mol. The van der Waals surface area contributed by atoms with Crippen LogP contribution < -0.4 is 19.6 Å². The van der Waals surface area contributed by atoms with Crippen LogP contribution in [0.1, 0.15) is 60.5 Å². The molecule has 212 valence electrons. The van der Waals surface area contributed by atoms with Gasteiger partial charge in [-0.25, -0.2) is 9.79 Å². The lowest BCUT2D eigenvalue weighted by Crippen LogP contribution is -2.39. The lowest BCUT2D eigenvalue weighted by molar-refractivity contribution is -0.139. The molecule has 3 heterocycles. The van der Waals surface area contributed by atoms with Gasteiger partial charge in [0.2, 0.25) is 0 Å². The molecule has 0 saturated carbocycles. The number of aromatic nitrogens is 2. The molecular weight excluding hydrogens is 534 g/mol. The van der Waals surface area contributed by atoms with Crippen LogP contribution in [-0.4, -0.2) is 28.3 Å². The molecule has 0 spiro atoms. The van der Waals surface area contributed by atoms with Crippen molar-refractivity contribution in [2.24, 2.45) is 4.99 Å². The third kappa shape index (κ3) is 5.08. The molecule has 2 aromatic heterocycles. The van der Waals surface area contributed by atoms with Crippen molar-refractivity contribution in [2.45, 2.75) is 54.5 Å². The molecule has 0 radical (unpaired) electrons. The first-order valence-electron chi connectivity index (χ1n) is 13.8. The van der Waals surface area contributed by atoms with Crippen LogP contribution in [0, 0.1) is 27.7 Å². The molecule has 1 unspecified atom stereocenters. The number of benzene rings is 2. The van der Waals surface area contributed by atoms with E-state index in [1.807, 2.05) is 37.3 Å². The molecule has 5 rings (SSSR count). The van der Waals surface area contributed by atoms with Gasteiger partial charge in [-0.1, -0.05) is 41.7 Å². The monoisotopic (exact) mass is 569 g/mol. The Morgan fingerprint density at radius 3 is 2.32 bits per heavy atom. The van der Waals surface area contributed by atoms with Crippen molar-refractivity contribution < 1.29 is 14.3 Å². The van der Waals surface area contributed by atoms with E-state index in [9.17, 15) is 9.59 Å². The van der Waals surface area contributed by atoms with Gasteiger partial charge < -0.3 is 14.0 Å². The van der Waals surface area contributed by atoms with Crippen LogP contribution in [0.15, 0.2) is 69.6 Å². The highest BCUT2D eigenvalue weighted by Gasteiger charge is 2.33. The Bertz CT molecular complexity index is 1840. The van der Waals surface area contributed by atoms with Gasteiger partial charge in [0, 0.05) is 11.4 Å². The van der Waals surface area contributed by atoms with Gasteiger partial charge in [-0.15, -0.1) is 0 Å². The van der Waals surface area contributed by atoms with Crippen molar-refractivity contribution in [1.82, 2.24) is 9.13 Å². The summed E-state index contributed by atoms with van der Waals surface area (Å²) in [5.41, 5.74) is 8.15. The zero-order valence-corrected chi connectivity index (χ0v) is 25.4. The number of allylic oxidation sites excluding steroid dienone is 1. The standard InChI is InChI=1S/C33H35N3O4S/c1-8-39-26-15-13-24(14-16-26)30-28(32(38)40-9-2)22(6)34-33-36(30)31(37)27(41-33)18-25-17-21(5)35(23(25)7)29-19(3)11-10-12-20(29)4/h10-18,30H,8-9H2,1-7H3. The van der Waals surface area contributed by atoms with Gasteiger partial charge in [0.05, 0.1) is 40.7 Å². The second kappa shape index (κ2) is 11.4. The van der Waals surface area contributed by atoms with Crippen LogP contribution in [0.25, 0.3) is 11.8 Å². The first-order valence-corrected chi connectivity index (χ1v) is 14.7. The van der Waals surface area contributed by atoms with E-state index in [1.54, 1.807) is 18.4 Å². The molecule has 0 N–H and O–H groups in total. The Kier molecular flexibility index (Phi) is 7.87. The van der Waals surface area contributed by atoms with Gasteiger partial charge in [0.1, 0.15) is 5.75 Å². The van der Waals surface area contributed by atoms with E-state index >= 15 is 0 Å². The first kappa shape index (κ1) is 28.4. The molecule has 7 nitrogen and oxygen atoms in total. The number of para-hydroxylation sites is 1. The summed E-state index contributed by atoms with van der Waals surface area (Å²) < 4.78 is 15.5. The normalized spacial score (nSPS) is 15.1. The van der Waals surface area contributed by atoms with E-state index in [-0.39, 0.29) is 12.2 Å². The third-order valence-electron chi connectivity index (χ3n) is 7.44. The van der Waals surface area contributed by atoms with Crippen molar-refractivity contribution in [2.75, 3.05) is 13.2 Å². The molecule has 0 saturated heterocycles. The molecule has 8 heteroatoms. The van der Waals surface area contributed by atoms with Crippen molar-refractivity contribution in [3.8, 4) is 11.4 Å². The van der Waals surface area contributed by atoms with E-state index in [4.69, 9.17) is 14.5 Å². The van der Waals surface area contributed by atoms with E-state index in [1.165, 1.54) is 22.5 Å². The number of nitrogens with zero attached hydrogens (tertiary/aromatic N) is 3. The molecule has 0 fully saturated rings. The molecular formula is C33H35N3O4S. The van der Waals surface area contributed by atoms with Crippen molar-refractivity contribution in [3.63, 3.8) is 0 Å². The zero-order valence-electron chi connectivity index (χ0n) is 24.6.